The molecule has 4 aliphatic rings. The molecule has 2 N–H and O–H groups in total. The minimum Gasteiger partial charge on any atom is -0.471 e. The number of aromatic nitrogens is 3. The number of hydrogen-bond donors (Lipinski definition) is 2. The first-order valence-corrected chi connectivity index (χ1v) is 18.3. The molecule has 3 aromatic heterocycles. The third kappa shape index (κ3) is 7.05. The molecule has 0 bridgehead atoms. The van der Waals surface area contributed by atoms with E-state index < -0.39 is 47.6 Å². The van der Waals surface area contributed by atoms with E-state index in [1.54, 1.807) is 13.0 Å². The van der Waals surface area contributed by atoms with Crippen molar-refractivity contribution in [2.45, 2.75) is 107 Å². The molecule has 2 aliphatic carbocycles. The van der Waals surface area contributed by atoms with Gasteiger partial charge in [-0.3, -0.25) is 9.59 Å². The van der Waals surface area contributed by atoms with Crippen molar-refractivity contribution in [2.24, 2.45) is 5.92 Å². The Morgan fingerprint density at radius 3 is 2.70 bits per heavy atom. The molecule has 3 amide bonds. The van der Waals surface area contributed by atoms with Crippen LogP contribution in [-0.2, 0) is 23.9 Å². The molecule has 3 fully saturated rings. The number of carbonyl (C=O) groups is 4. The van der Waals surface area contributed by atoms with Crippen LogP contribution in [0.3, 0.4) is 0 Å². The number of amides is 3. The van der Waals surface area contributed by atoms with Gasteiger partial charge in [0.15, 0.2) is 11.5 Å². The smallest absolute Gasteiger partial charge is 0.408 e. The van der Waals surface area contributed by atoms with Gasteiger partial charge in [0.2, 0.25) is 17.7 Å². The molecule has 50 heavy (non-hydrogen) atoms. The third-order valence-electron chi connectivity index (χ3n) is 10.1. The summed E-state index contributed by atoms with van der Waals surface area (Å²) >= 11 is 1.41. The number of methoxy groups -OCH3 is 1. The molecule has 0 unspecified atom stereocenters. The maximum atomic E-state index is 14.4. The molecule has 266 valence electrons. The van der Waals surface area contributed by atoms with Gasteiger partial charge in [0.25, 0.3) is 0 Å². The first-order chi connectivity index (χ1) is 24.2. The first-order valence-electron chi connectivity index (χ1n) is 17.4. The summed E-state index contributed by atoms with van der Waals surface area (Å²) in [6.45, 7) is 1.83. The van der Waals surface area contributed by atoms with Crippen LogP contribution in [0.4, 0.5) is 4.79 Å². The van der Waals surface area contributed by atoms with Crippen molar-refractivity contribution in [1.29, 1.82) is 0 Å². The van der Waals surface area contributed by atoms with E-state index in [0.717, 1.165) is 44.9 Å². The second kappa shape index (κ2) is 14.4. The number of nitrogens with zero attached hydrogens (tertiary/aromatic N) is 4. The van der Waals surface area contributed by atoms with Crippen molar-refractivity contribution < 1.29 is 37.9 Å². The van der Waals surface area contributed by atoms with Crippen LogP contribution in [-0.4, -0.2) is 87.4 Å². The molecule has 15 heteroatoms. The summed E-state index contributed by atoms with van der Waals surface area (Å²) in [5.41, 5.74) is -0.0943. The lowest BCUT2D eigenvalue weighted by atomic mass is 10.0. The van der Waals surface area contributed by atoms with Gasteiger partial charge in [-0.05, 0) is 69.7 Å². The molecule has 7 rings (SSSR count). The average molecular weight is 707 g/mol. The van der Waals surface area contributed by atoms with Gasteiger partial charge in [-0.15, -0.1) is 11.3 Å². The van der Waals surface area contributed by atoms with Gasteiger partial charge in [0.05, 0.1) is 19.2 Å². The maximum absolute atomic E-state index is 14.4. The normalized spacial score (nSPS) is 27.5. The highest BCUT2D eigenvalue weighted by molar-refractivity contribution is 7.17. The van der Waals surface area contributed by atoms with E-state index in [1.807, 2.05) is 23.6 Å². The van der Waals surface area contributed by atoms with Crippen LogP contribution >= 0.6 is 11.3 Å². The summed E-state index contributed by atoms with van der Waals surface area (Å²) in [6.07, 6.45) is 10.3. The number of fused-ring (bicyclic) bond motifs is 3. The Bertz CT molecular complexity index is 1780. The van der Waals surface area contributed by atoms with Gasteiger partial charge in [-0.25, -0.2) is 14.6 Å². The van der Waals surface area contributed by atoms with Crippen molar-refractivity contribution >= 4 is 45.4 Å². The number of rotatable bonds is 6. The Kier molecular flexibility index (Phi) is 9.76. The number of ether oxygens (including phenoxy) is 3. The van der Waals surface area contributed by atoms with E-state index in [-0.39, 0.29) is 25.0 Å². The number of aryl methyl sites for hydroxylation is 1. The number of allylic oxidation sites excluding steroid dienone is 1. The van der Waals surface area contributed by atoms with Crippen LogP contribution in [0.25, 0.3) is 21.7 Å². The van der Waals surface area contributed by atoms with Gasteiger partial charge < -0.3 is 34.3 Å². The lowest BCUT2D eigenvalue weighted by molar-refractivity contribution is -0.148. The quantitative estimate of drug-likeness (QED) is 0.271. The third-order valence-corrected chi connectivity index (χ3v) is 11.0. The van der Waals surface area contributed by atoms with Gasteiger partial charge in [0, 0.05) is 18.4 Å². The summed E-state index contributed by atoms with van der Waals surface area (Å²) in [5.74, 6) is -0.413. The molecule has 14 nitrogen and oxygen atoms in total. The van der Waals surface area contributed by atoms with Crippen LogP contribution < -0.4 is 15.4 Å². The molecule has 2 aliphatic heterocycles. The Balaban J connectivity index is 1.18. The molecule has 5 atom stereocenters. The predicted molar refractivity (Wildman–Crippen MR) is 181 cm³/mol. The van der Waals surface area contributed by atoms with E-state index in [0.29, 0.717) is 52.6 Å². The highest BCUT2D eigenvalue weighted by atomic mass is 32.1. The lowest BCUT2D eigenvalue weighted by Crippen LogP contribution is -2.56. The number of esters is 1. The van der Waals surface area contributed by atoms with Crippen molar-refractivity contribution in [3.63, 3.8) is 0 Å². The summed E-state index contributed by atoms with van der Waals surface area (Å²) in [4.78, 5) is 65.4. The van der Waals surface area contributed by atoms with Crippen molar-refractivity contribution in [3.8, 4) is 17.4 Å². The van der Waals surface area contributed by atoms with Crippen molar-refractivity contribution in [1.82, 2.24) is 30.7 Å². The minimum absolute atomic E-state index is 0.0522. The van der Waals surface area contributed by atoms with Crippen LogP contribution in [0.2, 0.25) is 0 Å². The van der Waals surface area contributed by atoms with Gasteiger partial charge >= 0.3 is 12.1 Å². The molecule has 2 saturated carbocycles. The van der Waals surface area contributed by atoms with E-state index in [4.69, 9.17) is 18.7 Å². The average Bonchev–Trinajstić information content (AvgIpc) is 3.72. The molecular weight excluding hydrogens is 664 g/mol. The van der Waals surface area contributed by atoms with Crippen LogP contribution in [0.15, 0.2) is 34.2 Å². The number of nitrogens with one attached hydrogen (secondary N) is 2. The number of hydrogen-bond acceptors (Lipinski definition) is 12. The van der Waals surface area contributed by atoms with E-state index in [9.17, 15) is 19.2 Å². The van der Waals surface area contributed by atoms with Gasteiger partial charge in [0.1, 0.15) is 40.3 Å². The van der Waals surface area contributed by atoms with Crippen LogP contribution in [0.1, 0.15) is 76.4 Å². The summed E-state index contributed by atoms with van der Waals surface area (Å²) < 4.78 is 23.2. The number of carbonyl (C=O) groups excluding carboxylic acids is 4. The molecule has 0 radical (unpaired) electrons. The molecule has 5 heterocycles. The van der Waals surface area contributed by atoms with Gasteiger partial charge in [-0.1, -0.05) is 30.2 Å². The van der Waals surface area contributed by atoms with E-state index >= 15 is 0 Å². The van der Waals surface area contributed by atoms with Crippen LogP contribution in [0.5, 0.6) is 5.88 Å². The topological polar surface area (TPSA) is 175 Å². The molecule has 1 saturated heterocycles. The standard InChI is InChI=1S/C35H42N6O8S/c1-20-16-26(40-49-20)29-36-24-14-15-50-28(24)31(38-29)47-23-17-27-30(42)39-35(33(44)46-2)18-21(35)10-6-4-3-5-7-13-25(32(43)41(27)19-23)37-34(45)48-22-11-8-9-12-22/h6,10,14-16,21-23,25,27H,3-5,7-9,11-13,17-19H2,1-2H3,(H,37,45)(H,39,42)/t21-,23-,25+,27+,35-/m1/s1. The largest absolute Gasteiger partial charge is 0.471 e. The number of thiophene rings is 1. The fourth-order valence-electron chi connectivity index (χ4n) is 7.31. The monoisotopic (exact) mass is 706 g/mol. The minimum atomic E-state index is -1.21. The SMILES string of the molecule is COC(=O)[C@@]12C[C@H]1C=CCCCCC[C@H](NC(=O)OC1CCCC1)C(=O)N1C[C@H](Oc3nc(-c4cc(C)on4)nc4ccsc34)C[C@H]1C(=O)N2. The highest BCUT2D eigenvalue weighted by Crippen LogP contribution is 2.46. The van der Waals surface area contributed by atoms with Gasteiger partial charge in [-0.2, -0.15) is 4.98 Å². The fraction of sp³-hybridized carbons (Fsp3) is 0.571. The predicted octanol–water partition coefficient (Wildman–Crippen LogP) is 4.61. The van der Waals surface area contributed by atoms with E-state index in [2.05, 4.69) is 25.8 Å². The summed E-state index contributed by atoms with van der Waals surface area (Å²) in [7, 11) is 1.30. The molecule has 0 aromatic carbocycles. The van der Waals surface area contributed by atoms with Crippen molar-refractivity contribution in [3.05, 3.63) is 35.4 Å². The molecule has 0 spiro atoms. The zero-order valence-corrected chi connectivity index (χ0v) is 29.0. The Hall–Kier alpha value is -4.53. The van der Waals surface area contributed by atoms with Crippen molar-refractivity contribution in [2.75, 3.05) is 13.7 Å². The zero-order chi connectivity index (χ0) is 34.8. The Labute approximate surface area is 293 Å². The van der Waals surface area contributed by atoms with Crippen LogP contribution in [0, 0.1) is 12.8 Å². The Morgan fingerprint density at radius 2 is 1.92 bits per heavy atom. The summed E-state index contributed by atoms with van der Waals surface area (Å²) in [5, 5.41) is 11.7. The number of alkyl carbamates (subject to hydrolysis) is 1. The Morgan fingerprint density at radius 1 is 1.10 bits per heavy atom. The maximum Gasteiger partial charge on any atom is 0.408 e. The molecule has 3 aromatic rings. The van der Waals surface area contributed by atoms with E-state index in [1.165, 1.54) is 23.3 Å². The fourth-order valence-corrected chi connectivity index (χ4v) is 8.07. The second-order valence-electron chi connectivity index (χ2n) is 13.6. The zero-order valence-electron chi connectivity index (χ0n) is 28.2. The second-order valence-corrected chi connectivity index (χ2v) is 14.5. The lowest BCUT2D eigenvalue weighted by Gasteiger charge is -2.29. The first kappa shape index (κ1) is 33.9. The molecular formula is C35H42N6O8S. The summed E-state index contributed by atoms with van der Waals surface area (Å²) in [6, 6.07) is 1.69. The highest BCUT2D eigenvalue weighted by Gasteiger charge is 2.62.